The Morgan fingerprint density at radius 3 is 2.69 bits per heavy atom. The fourth-order valence-electron chi connectivity index (χ4n) is 2.51. The summed E-state index contributed by atoms with van der Waals surface area (Å²) in [4.78, 5) is 0. The lowest BCUT2D eigenvalue weighted by molar-refractivity contribution is 0.445. The highest BCUT2D eigenvalue weighted by Gasteiger charge is 2.23. The molecule has 0 aliphatic heterocycles. The molecule has 0 saturated carbocycles. The highest BCUT2D eigenvalue weighted by Crippen LogP contribution is 2.36. The maximum Gasteiger partial charge on any atom is 0.0326 e. The Balaban J connectivity index is 2.18. The molecular weight excluding hydrogens is 194 g/mol. The Bertz CT molecular complexity index is 381. The molecule has 1 aliphatic rings. The predicted molar refractivity (Wildman–Crippen MR) is 69.6 cm³/mol. The first kappa shape index (κ1) is 11.4. The molecule has 1 heteroatoms. The van der Waals surface area contributed by atoms with Gasteiger partial charge >= 0.3 is 0 Å². The quantitative estimate of drug-likeness (QED) is 0.756. The normalized spacial score (nSPS) is 23.9. The van der Waals surface area contributed by atoms with E-state index in [1.807, 2.05) is 0 Å². The second kappa shape index (κ2) is 4.84. The van der Waals surface area contributed by atoms with Gasteiger partial charge in [0.05, 0.1) is 0 Å². The van der Waals surface area contributed by atoms with Crippen LogP contribution in [-0.2, 0) is 0 Å². The van der Waals surface area contributed by atoms with Gasteiger partial charge in [0.1, 0.15) is 0 Å². The van der Waals surface area contributed by atoms with E-state index in [-0.39, 0.29) is 0 Å². The van der Waals surface area contributed by atoms with Crippen LogP contribution in [0.4, 0.5) is 0 Å². The first-order chi connectivity index (χ1) is 7.68. The van der Waals surface area contributed by atoms with Crippen LogP contribution in [0.3, 0.4) is 0 Å². The van der Waals surface area contributed by atoms with Crippen molar-refractivity contribution in [2.45, 2.75) is 38.6 Å². The standard InChI is InChI=1S/C15H21N/c1-11(2)10-16-15-9-8-12(3)13-6-4-5-7-14(13)15/h4-7,12,15-16H,1,8-10H2,2-3H3. The van der Waals surface area contributed by atoms with Crippen molar-refractivity contribution in [1.82, 2.24) is 5.32 Å². The maximum atomic E-state index is 3.95. The van der Waals surface area contributed by atoms with Crippen LogP contribution in [0.5, 0.6) is 0 Å². The average Bonchev–Trinajstić information content (AvgIpc) is 2.28. The summed E-state index contributed by atoms with van der Waals surface area (Å²) in [5, 5.41) is 3.60. The van der Waals surface area contributed by atoms with E-state index in [0.717, 1.165) is 6.54 Å². The second-order valence-electron chi connectivity index (χ2n) is 5.00. The Labute approximate surface area is 98.6 Å². The number of hydrogen-bond donors (Lipinski definition) is 1. The molecule has 0 fully saturated rings. The van der Waals surface area contributed by atoms with Crippen LogP contribution in [0.15, 0.2) is 36.4 Å². The first-order valence-electron chi connectivity index (χ1n) is 6.15. The molecule has 1 aromatic rings. The SMILES string of the molecule is C=C(C)CNC1CCC(C)c2ccccc21. The van der Waals surface area contributed by atoms with E-state index in [1.165, 1.54) is 29.5 Å². The molecule has 16 heavy (non-hydrogen) atoms. The molecule has 1 N–H and O–H groups in total. The zero-order chi connectivity index (χ0) is 11.5. The van der Waals surface area contributed by atoms with Crippen molar-refractivity contribution in [3.8, 4) is 0 Å². The van der Waals surface area contributed by atoms with Crippen LogP contribution < -0.4 is 5.32 Å². The van der Waals surface area contributed by atoms with Gasteiger partial charge < -0.3 is 5.32 Å². The Kier molecular flexibility index (Phi) is 3.45. The van der Waals surface area contributed by atoms with Gasteiger partial charge in [-0.15, -0.1) is 0 Å². The molecule has 0 aromatic heterocycles. The fraction of sp³-hybridized carbons (Fsp3) is 0.467. The van der Waals surface area contributed by atoms with Crippen LogP contribution in [0.2, 0.25) is 0 Å². The van der Waals surface area contributed by atoms with Gasteiger partial charge in [-0.25, -0.2) is 0 Å². The van der Waals surface area contributed by atoms with Crippen molar-refractivity contribution in [2.75, 3.05) is 6.54 Å². The Hall–Kier alpha value is -1.08. The van der Waals surface area contributed by atoms with Crippen LogP contribution in [0.1, 0.15) is 49.8 Å². The van der Waals surface area contributed by atoms with Gasteiger partial charge in [-0.3, -0.25) is 0 Å². The van der Waals surface area contributed by atoms with Gasteiger partial charge in [-0.2, -0.15) is 0 Å². The molecule has 0 bridgehead atoms. The van der Waals surface area contributed by atoms with Gasteiger partial charge in [-0.05, 0) is 36.8 Å². The zero-order valence-corrected chi connectivity index (χ0v) is 10.3. The van der Waals surface area contributed by atoms with Crippen molar-refractivity contribution in [3.05, 3.63) is 47.5 Å². The van der Waals surface area contributed by atoms with Gasteiger partial charge in [-0.1, -0.05) is 43.3 Å². The van der Waals surface area contributed by atoms with Crippen molar-refractivity contribution in [2.24, 2.45) is 0 Å². The highest BCUT2D eigenvalue weighted by molar-refractivity contribution is 5.35. The van der Waals surface area contributed by atoms with Crippen LogP contribution in [-0.4, -0.2) is 6.54 Å². The lowest BCUT2D eigenvalue weighted by Gasteiger charge is -2.30. The molecule has 0 spiro atoms. The highest BCUT2D eigenvalue weighted by atomic mass is 14.9. The first-order valence-corrected chi connectivity index (χ1v) is 6.15. The molecule has 1 nitrogen and oxygen atoms in total. The molecule has 0 saturated heterocycles. The summed E-state index contributed by atoms with van der Waals surface area (Å²) in [5.74, 6) is 0.707. The van der Waals surface area contributed by atoms with Gasteiger partial charge in [0, 0.05) is 12.6 Å². The third-order valence-electron chi connectivity index (χ3n) is 3.44. The second-order valence-corrected chi connectivity index (χ2v) is 5.00. The summed E-state index contributed by atoms with van der Waals surface area (Å²) in [7, 11) is 0. The van der Waals surface area contributed by atoms with Crippen molar-refractivity contribution < 1.29 is 0 Å². The van der Waals surface area contributed by atoms with E-state index in [2.05, 4.69) is 50.0 Å². The van der Waals surface area contributed by atoms with E-state index in [1.54, 1.807) is 0 Å². The number of benzene rings is 1. The molecule has 0 heterocycles. The predicted octanol–water partition coefficient (Wildman–Crippen LogP) is 3.79. The minimum atomic E-state index is 0.518. The van der Waals surface area contributed by atoms with Gasteiger partial charge in [0.15, 0.2) is 0 Å². The van der Waals surface area contributed by atoms with Crippen LogP contribution >= 0.6 is 0 Å². The van der Waals surface area contributed by atoms with E-state index in [9.17, 15) is 0 Å². The van der Waals surface area contributed by atoms with E-state index >= 15 is 0 Å². The molecule has 2 rings (SSSR count). The molecular formula is C15H21N. The largest absolute Gasteiger partial charge is 0.306 e. The third-order valence-corrected chi connectivity index (χ3v) is 3.44. The zero-order valence-electron chi connectivity index (χ0n) is 10.3. The van der Waals surface area contributed by atoms with Crippen molar-refractivity contribution in [1.29, 1.82) is 0 Å². The van der Waals surface area contributed by atoms with Crippen molar-refractivity contribution in [3.63, 3.8) is 0 Å². The average molecular weight is 215 g/mol. The molecule has 2 atom stereocenters. The number of hydrogen-bond acceptors (Lipinski definition) is 1. The smallest absolute Gasteiger partial charge is 0.0326 e. The van der Waals surface area contributed by atoms with Crippen molar-refractivity contribution >= 4 is 0 Å². The summed E-state index contributed by atoms with van der Waals surface area (Å²) in [6.07, 6.45) is 2.52. The summed E-state index contributed by atoms with van der Waals surface area (Å²) in [6.45, 7) is 9.27. The molecule has 1 aromatic carbocycles. The maximum absolute atomic E-state index is 3.95. The molecule has 0 radical (unpaired) electrons. The van der Waals surface area contributed by atoms with Gasteiger partial charge in [0.2, 0.25) is 0 Å². The summed E-state index contributed by atoms with van der Waals surface area (Å²) >= 11 is 0. The minimum absolute atomic E-state index is 0.518. The summed E-state index contributed by atoms with van der Waals surface area (Å²) < 4.78 is 0. The van der Waals surface area contributed by atoms with Crippen LogP contribution in [0, 0.1) is 0 Å². The number of nitrogens with one attached hydrogen (secondary N) is 1. The lowest BCUT2D eigenvalue weighted by Crippen LogP contribution is -2.27. The summed E-state index contributed by atoms with van der Waals surface area (Å²) in [6, 6.07) is 9.35. The fourth-order valence-corrected chi connectivity index (χ4v) is 2.51. The van der Waals surface area contributed by atoms with Gasteiger partial charge in [0.25, 0.3) is 0 Å². The number of rotatable bonds is 3. The summed E-state index contributed by atoms with van der Waals surface area (Å²) in [5.41, 5.74) is 4.21. The Morgan fingerprint density at radius 1 is 1.31 bits per heavy atom. The lowest BCUT2D eigenvalue weighted by atomic mass is 9.81. The van der Waals surface area contributed by atoms with E-state index in [0.29, 0.717) is 12.0 Å². The third kappa shape index (κ3) is 2.35. The molecule has 1 aliphatic carbocycles. The minimum Gasteiger partial charge on any atom is -0.306 e. The molecule has 2 unspecified atom stereocenters. The molecule has 86 valence electrons. The van der Waals surface area contributed by atoms with E-state index < -0.39 is 0 Å². The van der Waals surface area contributed by atoms with E-state index in [4.69, 9.17) is 0 Å². The Morgan fingerprint density at radius 2 is 2.00 bits per heavy atom. The molecule has 0 amide bonds. The monoisotopic (exact) mass is 215 g/mol. The van der Waals surface area contributed by atoms with Crippen LogP contribution in [0.25, 0.3) is 0 Å². The topological polar surface area (TPSA) is 12.0 Å². The number of fused-ring (bicyclic) bond motifs is 1.